The molecule has 2 atom stereocenters. The van der Waals surface area contributed by atoms with Crippen molar-refractivity contribution in [2.24, 2.45) is 5.92 Å². The molecule has 3 nitrogen and oxygen atoms in total. The molecule has 2 rings (SSSR count). The van der Waals surface area contributed by atoms with Gasteiger partial charge in [-0.05, 0) is 19.8 Å². The van der Waals surface area contributed by atoms with E-state index in [1.54, 1.807) is 0 Å². The predicted octanol–water partition coefficient (Wildman–Crippen LogP) is 1.77. The number of carbonyl (C=O) groups excluding carboxylic acids is 1. The summed E-state index contributed by atoms with van der Waals surface area (Å²) in [5.74, 6) is 1.19. The molecule has 1 heterocycles. The van der Waals surface area contributed by atoms with Gasteiger partial charge in [-0.1, -0.05) is 12.8 Å². The number of rotatable bonds is 2. The van der Waals surface area contributed by atoms with Crippen LogP contribution in [0.4, 0.5) is 0 Å². The van der Waals surface area contributed by atoms with Crippen LogP contribution in [0.3, 0.4) is 0 Å². The second-order valence-electron chi connectivity index (χ2n) is 4.22. The summed E-state index contributed by atoms with van der Waals surface area (Å²) in [6.45, 7) is 3.40. The maximum Gasteiger partial charge on any atom is 0.311 e. The van der Waals surface area contributed by atoms with Crippen LogP contribution in [0, 0.1) is 5.92 Å². The highest BCUT2D eigenvalue weighted by molar-refractivity contribution is 8.00. The fourth-order valence-corrected chi connectivity index (χ4v) is 4.10. The van der Waals surface area contributed by atoms with Gasteiger partial charge in [0.1, 0.15) is 0 Å². The van der Waals surface area contributed by atoms with Crippen LogP contribution in [-0.2, 0) is 9.53 Å². The zero-order valence-corrected chi connectivity index (χ0v) is 10.1. The van der Waals surface area contributed by atoms with E-state index in [-0.39, 0.29) is 16.8 Å². The van der Waals surface area contributed by atoms with E-state index >= 15 is 0 Å². The van der Waals surface area contributed by atoms with Gasteiger partial charge in [0.2, 0.25) is 0 Å². The summed E-state index contributed by atoms with van der Waals surface area (Å²) < 4.78 is 5.18. The first-order valence-electron chi connectivity index (χ1n) is 5.84. The minimum Gasteiger partial charge on any atom is -0.466 e. The summed E-state index contributed by atoms with van der Waals surface area (Å²) in [5, 5.41) is 3.52. The summed E-state index contributed by atoms with van der Waals surface area (Å²) in [5.41, 5.74) is 0. The molecule has 15 heavy (non-hydrogen) atoms. The molecule has 1 N–H and O–H groups in total. The molecular formula is C11H19NO2S. The molecule has 2 aliphatic rings. The van der Waals surface area contributed by atoms with Gasteiger partial charge in [0.05, 0.1) is 17.4 Å². The molecule has 1 spiro atoms. The van der Waals surface area contributed by atoms with Crippen molar-refractivity contribution in [3.05, 3.63) is 0 Å². The van der Waals surface area contributed by atoms with E-state index in [9.17, 15) is 4.79 Å². The summed E-state index contributed by atoms with van der Waals surface area (Å²) in [7, 11) is 0. The molecule has 0 aromatic carbocycles. The number of esters is 1. The van der Waals surface area contributed by atoms with E-state index in [1.165, 1.54) is 6.42 Å². The van der Waals surface area contributed by atoms with Crippen LogP contribution >= 0.6 is 11.8 Å². The van der Waals surface area contributed by atoms with Crippen LogP contribution in [0.15, 0.2) is 0 Å². The number of carbonyl (C=O) groups is 1. The second kappa shape index (κ2) is 4.74. The third-order valence-electron chi connectivity index (χ3n) is 3.31. The molecule has 1 aliphatic heterocycles. The average Bonchev–Trinajstić information content (AvgIpc) is 2.68. The monoisotopic (exact) mass is 229 g/mol. The zero-order chi connectivity index (χ0) is 10.7. The van der Waals surface area contributed by atoms with Gasteiger partial charge in [-0.25, -0.2) is 0 Å². The highest BCUT2D eigenvalue weighted by atomic mass is 32.2. The van der Waals surface area contributed by atoms with Crippen LogP contribution in [0.25, 0.3) is 0 Å². The van der Waals surface area contributed by atoms with Crippen LogP contribution < -0.4 is 5.32 Å². The Morgan fingerprint density at radius 3 is 3.13 bits per heavy atom. The molecule has 0 aromatic rings. The molecule has 1 saturated heterocycles. The van der Waals surface area contributed by atoms with E-state index < -0.39 is 0 Å². The van der Waals surface area contributed by atoms with Gasteiger partial charge in [0.25, 0.3) is 0 Å². The first-order valence-corrected chi connectivity index (χ1v) is 6.83. The number of ether oxygens (including phenoxy) is 1. The summed E-state index contributed by atoms with van der Waals surface area (Å²) in [4.78, 5) is 11.9. The molecule has 1 aliphatic carbocycles. The number of hydrogen-bond acceptors (Lipinski definition) is 4. The van der Waals surface area contributed by atoms with Gasteiger partial charge in [-0.2, -0.15) is 0 Å². The zero-order valence-electron chi connectivity index (χ0n) is 9.25. The van der Waals surface area contributed by atoms with Gasteiger partial charge in [-0.15, -0.1) is 11.8 Å². The van der Waals surface area contributed by atoms with E-state index in [0.29, 0.717) is 6.61 Å². The molecule has 0 radical (unpaired) electrons. The van der Waals surface area contributed by atoms with Crippen molar-refractivity contribution < 1.29 is 9.53 Å². The topological polar surface area (TPSA) is 38.3 Å². The van der Waals surface area contributed by atoms with Crippen molar-refractivity contribution in [1.82, 2.24) is 5.32 Å². The highest BCUT2D eigenvalue weighted by Gasteiger charge is 2.47. The van der Waals surface area contributed by atoms with Crippen molar-refractivity contribution in [3.63, 3.8) is 0 Å². The lowest BCUT2D eigenvalue weighted by atomic mass is 9.83. The smallest absolute Gasteiger partial charge is 0.311 e. The van der Waals surface area contributed by atoms with Crippen molar-refractivity contribution in [2.45, 2.75) is 37.5 Å². The van der Waals surface area contributed by atoms with Gasteiger partial charge in [0, 0.05) is 12.3 Å². The largest absolute Gasteiger partial charge is 0.466 e. The highest BCUT2D eigenvalue weighted by Crippen LogP contribution is 2.45. The Kier molecular flexibility index (Phi) is 3.57. The first-order chi connectivity index (χ1) is 7.28. The third-order valence-corrected chi connectivity index (χ3v) is 4.87. The Morgan fingerprint density at radius 2 is 2.47 bits per heavy atom. The van der Waals surface area contributed by atoms with Crippen LogP contribution in [-0.4, -0.2) is 29.7 Å². The Bertz CT molecular complexity index is 239. The molecule has 4 heteroatoms. The number of nitrogens with one attached hydrogen (secondary N) is 1. The van der Waals surface area contributed by atoms with Crippen molar-refractivity contribution in [1.29, 1.82) is 0 Å². The lowest BCUT2D eigenvalue weighted by Crippen LogP contribution is -2.50. The van der Waals surface area contributed by atoms with Gasteiger partial charge in [0.15, 0.2) is 0 Å². The van der Waals surface area contributed by atoms with Gasteiger partial charge >= 0.3 is 5.97 Å². The molecule has 0 bridgehead atoms. The normalized spacial score (nSPS) is 35.7. The Hall–Kier alpha value is -0.220. The molecule has 1 saturated carbocycles. The SMILES string of the molecule is CCOC(=O)C1CCCCC12NCCS2. The summed E-state index contributed by atoms with van der Waals surface area (Å²) in [6.07, 6.45) is 4.49. The maximum atomic E-state index is 11.9. The van der Waals surface area contributed by atoms with Gasteiger partial charge in [-0.3, -0.25) is 4.79 Å². The van der Waals surface area contributed by atoms with E-state index in [4.69, 9.17) is 4.74 Å². The molecule has 0 aromatic heterocycles. The minimum atomic E-state index is -0.000833. The second-order valence-corrected chi connectivity index (χ2v) is 5.64. The molecular weight excluding hydrogens is 210 g/mol. The van der Waals surface area contributed by atoms with Crippen molar-refractivity contribution in [2.75, 3.05) is 18.9 Å². The fourth-order valence-electron chi connectivity index (χ4n) is 2.63. The number of hydrogen-bond donors (Lipinski definition) is 1. The third kappa shape index (κ3) is 2.16. The Morgan fingerprint density at radius 1 is 1.60 bits per heavy atom. The fraction of sp³-hybridized carbons (Fsp3) is 0.909. The van der Waals surface area contributed by atoms with E-state index in [0.717, 1.165) is 31.6 Å². The first kappa shape index (κ1) is 11.3. The van der Waals surface area contributed by atoms with Crippen LogP contribution in [0.5, 0.6) is 0 Å². The lowest BCUT2D eigenvalue weighted by molar-refractivity contribution is -0.150. The Labute approximate surface area is 95.3 Å². The number of thioether (sulfide) groups is 1. The standard InChI is InChI=1S/C11H19NO2S/c1-2-14-10(13)9-5-3-4-6-11(9)12-7-8-15-11/h9,12H,2-8H2,1H3. The van der Waals surface area contributed by atoms with Gasteiger partial charge < -0.3 is 10.1 Å². The van der Waals surface area contributed by atoms with Crippen LogP contribution in [0.2, 0.25) is 0 Å². The van der Waals surface area contributed by atoms with Crippen LogP contribution in [0.1, 0.15) is 32.6 Å². The minimum absolute atomic E-state index is 0.000833. The molecule has 86 valence electrons. The van der Waals surface area contributed by atoms with Crippen molar-refractivity contribution in [3.8, 4) is 0 Å². The van der Waals surface area contributed by atoms with E-state index in [1.807, 2.05) is 18.7 Å². The predicted molar refractivity (Wildman–Crippen MR) is 61.8 cm³/mol. The molecule has 0 amide bonds. The lowest BCUT2D eigenvalue weighted by Gasteiger charge is -2.39. The average molecular weight is 229 g/mol. The molecule has 2 fully saturated rings. The maximum absolute atomic E-state index is 11.9. The van der Waals surface area contributed by atoms with E-state index in [2.05, 4.69) is 5.32 Å². The quantitative estimate of drug-likeness (QED) is 0.732. The van der Waals surface area contributed by atoms with Crippen molar-refractivity contribution >= 4 is 17.7 Å². The summed E-state index contributed by atoms with van der Waals surface area (Å²) in [6, 6.07) is 0. The Balaban J connectivity index is 2.08. The molecule has 2 unspecified atom stereocenters. The summed E-state index contributed by atoms with van der Waals surface area (Å²) >= 11 is 1.92.